The van der Waals surface area contributed by atoms with Gasteiger partial charge >= 0.3 is 0 Å². The maximum absolute atomic E-state index is 10.1. The summed E-state index contributed by atoms with van der Waals surface area (Å²) in [6, 6.07) is 0.0894. The van der Waals surface area contributed by atoms with Crippen LogP contribution in [0.25, 0.3) is 0 Å². The SMILES string of the molecule is CCCCCCO[C@@H]1[C@@H](O)[C@H](OC)[C@@H](O)[C@H]2N[C@H]21. The molecule has 0 aromatic rings. The first-order valence-corrected chi connectivity index (χ1v) is 6.97. The van der Waals surface area contributed by atoms with E-state index in [1.807, 2.05) is 0 Å². The lowest BCUT2D eigenvalue weighted by Crippen LogP contribution is -2.55. The number of unbranched alkanes of at least 4 members (excludes halogenated alkanes) is 3. The van der Waals surface area contributed by atoms with Crippen LogP contribution in [-0.4, -0.2) is 60.4 Å². The lowest BCUT2D eigenvalue weighted by Gasteiger charge is -2.35. The standard InChI is InChI=1S/C13H25NO4/c1-3-4-5-6-7-18-12-9-8(14-9)10(15)13(17-2)11(12)16/h8-16H,3-7H2,1-2H3/t8-,9+,10-,11+,12-,13+/m0/s1. The summed E-state index contributed by atoms with van der Waals surface area (Å²) in [5.41, 5.74) is 0. The van der Waals surface area contributed by atoms with E-state index in [4.69, 9.17) is 9.47 Å². The van der Waals surface area contributed by atoms with E-state index in [-0.39, 0.29) is 18.2 Å². The summed E-state index contributed by atoms with van der Waals surface area (Å²) in [6.07, 6.45) is 2.40. The summed E-state index contributed by atoms with van der Waals surface area (Å²) in [6.45, 7) is 2.84. The van der Waals surface area contributed by atoms with Gasteiger partial charge in [-0.25, -0.2) is 0 Å². The second-order valence-electron chi connectivity index (χ2n) is 5.30. The van der Waals surface area contributed by atoms with Crippen molar-refractivity contribution in [2.45, 2.75) is 69.1 Å². The molecular weight excluding hydrogens is 234 g/mol. The molecule has 0 radical (unpaired) electrons. The summed E-state index contributed by atoms with van der Waals surface area (Å²) in [5.74, 6) is 0. The average Bonchev–Trinajstić information content (AvgIpc) is 3.13. The van der Waals surface area contributed by atoms with Crippen molar-refractivity contribution in [2.24, 2.45) is 0 Å². The molecule has 5 nitrogen and oxygen atoms in total. The van der Waals surface area contributed by atoms with Crippen molar-refractivity contribution >= 4 is 0 Å². The van der Waals surface area contributed by atoms with Gasteiger partial charge in [-0.05, 0) is 6.42 Å². The number of nitrogens with one attached hydrogen (secondary N) is 1. The molecule has 0 bridgehead atoms. The minimum absolute atomic E-state index is 0.0130. The molecule has 1 heterocycles. The lowest BCUT2D eigenvalue weighted by molar-refractivity contribution is -0.151. The minimum Gasteiger partial charge on any atom is -0.389 e. The van der Waals surface area contributed by atoms with Crippen molar-refractivity contribution in [3.8, 4) is 0 Å². The summed E-state index contributed by atoms with van der Waals surface area (Å²) in [4.78, 5) is 0. The highest BCUT2D eigenvalue weighted by molar-refractivity contribution is 5.16. The van der Waals surface area contributed by atoms with Gasteiger partial charge in [0.25, 0.3) is 0 Å². The van der Waals surface area contributed by atoms with Crippen LogP contribution in [0.15, 0.2) is 0 Å². The topological polar surface area (TPSA) is 80.9 Å². The zero-order chi connectivity index (χ0) is 13.1. The number of aliphatic hydroxyl groups excluding tert-OH is 2. The highest BCUT2D eigenvalue weighted by Crippen LogP contribution is 2.33. The van der Waals surface area contributed by atoms with E-state index in [2.05, 4.69) is 12.2 Å². The van der Waals surface area contributed by atoms with Crippen molar-refractivity contribution in [1.82, 2.24) is 5.32 Å². The molecule has 5 heteroatoms. The molecule has 0 amide bonds. The Morgan fingerprint density at radius 3 is 2.44 bits per heavy atom. The Bertz CT molecular complexity index is 263. The Morgan fingerprint density at radius 1 is 1.00 bits per heavy atom. The minimum atomic E-state index is -0.757. The monoisotopic (exact) mass is 259 g/mol. The van der Waals surface area contributed by atoms with Gasteiger partial charge in [0.2, 0.25) is 0 Å². The first kappa shape index (κ1) is 14.2. The zero-order valence-corrected chi connectivity index (χ0v) is 11.2. The first-order chi connectivity index (χ1) is 8.70. The molecular formula is C13H25NO4. The molecule has 2 aliphatic rings. The summed E-state index contributed by atoms with van der Waals surface area (Å²) < 4.78 is 10.9. The van der Waals surface area contributed by atoms with Gasteiger partial charge in [0.1, 0.15) is 18.3 Å². The van der Waals surface area contributed by atoms with E-state index in [9.17, 15) is 10.2 Å². The molecule has 1 aliphatic carbocycles. The maximum atomic E-state index is 10.1. The van der Waals surface area contributed by atoms with Crippen LogP contribution >= 0.6 is 0 Å². The summed E-state index contributed by atoms with van der Waals surface area (Å²) >= 11 is 0. The highest BCUT2D eigenvalue weighted by Gasteiger charge is 2.59. The maximum Gasteiger partial charge on any atom is 0.113 e. The largest absolute Gasteiger partial charge is 0.389 e. The molecule has 0 spiro atoms. The van der Waals surface area contributed by atoms with Gasteiger partial charge in [0.05, 0.1) is 18.2 Å². The Morgan fingerprint density at radius 2 is 1.78 bits per heavy atom. The normalized spacial score (nSPS) is 42.7. The van der Waals surface area contributed by atoms with Crippen LogP contribution in [-0.2, 0) is 9.47 Å². The van der Waals surface area contributed by atoms with E-state index in [0.717, 1.165) is 12.8 Å². The van der Waals surface area contributed by atoms with Gasteiger partial charge in [0, 0.05) is 13.7 Å². The van der Waals surface area contributed by atoms with Gasteiger partial charge < -0.3 is 25.0 Å². The van der Waals surface area contributed by atoms with Crippen LogP contribution in [0.2, 0.25) is 0 Å². The predicted octanol–water partition coefficient (Wildman–Crippen LogP) is 0.0427. The lowest BCUT2D eigenvalue weighted by atomic mass is 9.89. The van der Waals surface area contributed by atoms with Crippen LogP contribution in [0.3, 0.4) is 0 Å². The fraction of sp³-hybridized carbons (Fsp3) is 1.00. The van der Waals surface area contributed by atoms with Crippen LogP contribution in [0.5, 0.6) is 0 Å². The third-order valence-electron chi connectivity index (χ3n) is 3.97. The van der Waals surface area contributed by atoms with E-state index < -0.39 is 18.3 Å². The summed E-state index contributed by atoms with van der Waals surface area (Å²) in [5, 5.41) is 23.2. The number of rotatable bonds is 7. The van der Waals surface area contributed by atoms with Gasteiger partial charge in [0.15, 0.2) is 0 Å². The van der Waals surface area contributed by atoms with Crippen LogP contribution in [0, 0.1) is 0 Å². The van der Waals surface area contributed by atoms with E-state index in [1.165, 1.54) is 20.0 Å². The van der Waals surface area contributed by atoms with Crippen molar-refractivity contribution in [2.75, 3.05) is 13.7 Å². The van der Waals surface area contributed by atoms with Gasteiger partial charge in [-0.2, -0.15) is 0 Å². The molecule has 0 aromatic heterocycles. The molecule has 1 saturated heterocycles. The van der Waals surface area contributed by atoms with Gasteiger partial charge in [-0.3, -0.25) is 0 Å². The van der Waals surface area contributed by atoms with Crippen molar-refractivity contribution in [3.63, 3.8) is 0 Å². The van der Waals surface area contributed by atoms with E-state index in [0.29, 0.717) is 6.61 Å². The molecule has 0 unspecified atom stereocenters. The molecule has 2 rings (SSSR count). The first-order valence-electron chi connectivity index (χ1n) is 6.97. The molecule has 3 N–H and O–H groups in total. The third-order valence-corrected chi connectivity index (χ3v) is 3.97. The third kappa shape index (κ3) is 2.86. The van der Waals surface area contributed by atoms with E-state index >= 15 is 0 Å². The Labute approximate surface area is 108 Å². The fourth-order valence-corrected chi connectivity index (χ4v) is 2.81. The molecule has 106 valence electrons. The quantitative estimate of drug-likeness (QED) is 0.444. The Hall–Kier alpha value is -0.200. The zero-order valence-electron chi connectivity index (χ0n) is 11.2. The molecule has 2 fully saturated rings. The molecule has 0 aromatic carbocycles. The number of hydrogen-bond acceptors (Lipinski definition) is 5. The smallest absolute Gasteiger partial charge is 0.113 e. The summed E-state index contributed by atoms with van der Waals surface area (Å²) in [7, 11) is 1.51. The van der Waals surface area contributed by atoms with Gasteiger partial charge in [-0.1, -0.05) is 26.2 Å². The Balaban J connectivity index is 1.78. The van der Waals surface area contributed by atoms with Crippen LogP contribution in [0.4, 0.5) is 0 Å². The van der Waals surface area contributed by atoms with E-state index in [1.54, 1.807) is 0 Å². The number of hydrogen-bond donors (Lipinski definition) is 3. The molecule has 6 atom stereocenters. The molecule has 18 heavy (non-hydrogen) atoms. The molecule has 1 saturated carbocycles. The van der Waals surface area contributed by atoms with Crippen LogP contribution < -0.4 is 5.32 Å². The number of methoxy groups -OCH3 is 1. The number of ether oxygens (including phenoxy) is 2. The predicted molar refractivity (Wildman–Crippen MR) is 67.4 cm³/mol. The second-order valence-corrected chi connectivity index (χ2v) is 5.30. The number of aliphatic hydroxyl groups is 2. The fourth-order valence-electron chi connectivity index (χ4n) is 2.81. The van der Waals surface area contributed by atoms with Crippen LogP contribution in [0.1, 0.15) is 32.6 Å². The average molecular weight is 259 g/mol. The highest BCUT2D eigenvalue weighted by atomic mass is 16.5. The van der Waals surface area contributed by atoms with Crippen molar-refractivity contribution in [1.29, 1.82) is 0 Å². The number of fused-ring (bicyclic) bond motifs is 1. The molecule has 1 aliphatic heterocycles. The Kier molecular flexibility index (Phi) is 4.98. The van der Waals surface area contributed by atoms with Crippen molar-refractivity contribution < 1.29 is 19.7 Å². The van der Waals surface area contributed by atoms with Gasteiger partial charge in [-0.15, -0.1) is 0 Å². The van der Waals surface area contributed by atoms with Crippen molar-refractivity contribution in [3.05, 3.63) is 0 Å². The second kappa shape index (κ2) is 6.30.